The van der Waals surface area contributed by atoms with Crippen LogP contribution in [0.3, 0.4) is 0 Å². The Labute approximate surface area is 109 Å². The van der Waals surface area contributed by atoms with Crippen molar-refractivity contribution in [3.63, 3.8) is 0 Å². The van der Waals surface area contributed by atoms with E-state index in [9.17, 15) is 9.90 Å². The Hall–Kier alpha value is -0.260. The van der Waals surface area contributed by atoms with E-state index in [0.29, 0.717) is 13.0 Å². The molecule has 0 aromatic rings. The van der Waals surface area contributed by atoms with Gasteiger partial charge in [-0.15, -0.1) is 0 Å². The first kappa shape index (κ1) is 16.7. The van der Waals surface area contributed by atoms with Crippen molar-refractivity contribution in [1.82, 2.24) is 5.32 Å². The second-order valence-electron chi connectivity index (χ2n) is 4.47. The third kappa shape index (κ3) is 5.75. The van der Waals surface area contributed by atoms with Crippen LogP contribution in [-0.2, 0) is 4.79 Å². The van der Waals surface area contributed by atoms with Gasteiger partial charge in [-0.05, 0) is 31.3 Å². The summed E-state index contributed by atoms with van der Waals surface area (Å²) < 4.78 is 0. The molecule has 0 radical (unpaired) electrons. The number of amides is 1. The zero-order chi connectivity index (χ0) is 13.3. The van der Waals surface area contributed by atoms with E-state index >= 15 is 0 Å². The van der Waals surface area contributed by atoms with E-state index in [2.05, 4.69) is 5.32 Å². The van der Waals surface area contributed by atoms with E-state index in [1.807, 2.05) is 20.1 Å². The summed E-state index contributed by atoms with van der Waals surface area (Å²) in [5.41, 5.74) is 5.57. The van der Waals surface area contributed by atoms with Crippen LogP contribution in [0, 0.1) is 5.41 Å². The van der Waals surface area contributed by atoms with E-state index in [0.717, 1.165) is 18.6 Å². The molecule has 0 heterocycles. The van der Waals surface area contributed by atoms with Crippen LogP contribution >= 0.6 is 11.8 Å². The van der Waals surface area contributed by atoms with Gasteiger partial charge in [0, 0.05) is 12.0 Å². The van der Waals surface area contributed by atoms with Gasteiger partial charge in [-0.2, -0.15) is 11.8 Å². The number of hydrogen-bond acceptors (Lipinski definition) is 4. The lowest BCUT2D eigenvalue weighted by atomic mass is 9.83. The molecule has 1 amide bonds. The van der Waals surface area contributed by atoms with Crippen LogP contribution < -0.4 is 11.1 Å². The molecule has 0 rings (SSSR count). The van der Waals surface area contributed by atoms with Crippen LogP contribution in [0.1, 0.15) is 33.1 Å². The van der Waals surface area contributed by atoms with E-state index in [4.69, 9.17) is 5.73 Å². The summed E-state index contributed by atoms with van der Waals surface area (Å²) >= 11 is 1.68. The van der Waals surface area contributed by atoms with Gasteiger partial charge in [0.2, 0.25) is 5.91 Å². The molecule has 5 heteroatoms. The minimum atomic E-state index is -0.437. The SMILES string of the molecule is CCC(CC)(CO)CNC(=O)C(N)CCSC. The van der Waals surface area contributed by atoms with Gasteiger partial charge < -0.3 is 16.2 Å². The summed E-state index contributed by atoms with van der Waals surface area (Å²) in [5.74, 6) is 0.778. The molecular weight excluding hydrogens is 236 g/mol. The van der Waals surface area contributed by atoms with E-state index < -0.39 is 6.04 Å². The van der Waals surface area contributed by atoms with Crippen molar-refractivity contribution in [3.8, 4) is 0 Å². The van der Waals surface area contributed by atoms with Gasteiger partial charge in [-0.25, -0.2) is 0 Å². The molecule has 1 unspecified atom stereocenters. The molecule has 1 atom stereocenters. The standard InChI is InChI=1S/C12H26N2O2S/c1-4-12(5-2,9-15)8-14-11(16)10(13)6-7-17-3/h10,15H,4-9,13H2,1-3H3,(H,14,16). The van der Waals surface area contributed by atoms with Crippen LogP contribution in [0.5, 0.6) is 0 Å². The van der Waals surface area contributed by atoms with Crippen LogP contribution in [-0.4, -0.2) is 42.2 Å². The molecule has 4 nitrogen and oxygen atoms in total. The van der Waals surface area contributed by atoms with Gasteiger partial charge in [0.15, 0.2) is 0 Å². The summed E-state index contributed by atoms with van der Waals surface area (Å²) in [6, 6.07) is -0.437. The quantitative estimate of drug-likeness (QED) is 0.579. The molecule has 0 aliphatic carbocycles. The lowest BCUT2D eigenvalue weighted by Crippen LogP contribution is -2.46. The molecule has 0 aromatic heterocycles. The minimum absolute atomic E-state index is 0.0975. The predicted octanol–water partition coefficient (Wildman–Crippen LogP) is 0.982. The Kier molecular flexibility index (Phi) is 8.64. The van der Waals surface area contributed by atoms with Gasteiger partial charge >= 0.3 is 0 Å². The van der Waals surface area contributed by atoms with Crippen molar-refractivity contribution in [2.75, 3.05) is 25.2 Å². The number of carbonyl (C=O) groups excluding carboxylic acids is 1. The molecular formula is C12H26N2O2S. The summed E-state index contributed by atoms with van der Waals surface area (Å²) in [5, 5.41) is 12.2. The fraction of sp³-hybridized carbons (Fsp3) is 0.917. The zero-order valence-electron chi connectivity index (χ0n) is 11.2. The Morgan fingerprint density at radius 1 is 1.47 bits per heavy atom. The molecule has 0 bridgehead atoms. The Morgan fingerprint density at radius 3 is 2.47 bits per heavy atom. The topological polar surface area (TPSA) is 75.3 Å². The first-order chi connectivity index (χ1) is 8.05. The average molecular weight is 262 g/mol. The number of rotatable bonds is 9. The second kappa shape index (κ2) is 8.78. The molecule has 102 valence electrons. The van der Waals surface area contributed by atoms with Crippen molar-refractivity contribution in [2.45, 2.75) is 39.2 Å². The van der Waals surface area contributed by atoms with E-state index in [-0.39, 0.29) is 17.9 Å². The lowest BCUT2D eigenvalue weighted by Gasteiger charge is -2.30. The number of carbonyl (C=O) groups is 1. The zero-order valence-corrected chi connectivity index (χ0v) is 12.0. The van der Waals surface area contributed by atoms with Crippen molar-refractivity contribution in [2.24, 2.45) is 11.1 Å². The fourth-order valence-corrected chi connectivity index (χ4v) is 2.05. The van der Waals surface area contributed by atoms with Crippen LogP contribution in [0.4, 0.5) is 0 Å². The van der Waals surface area contributed by atoms with Crippen LogP contribution in [0.2, 0.25) is 0 Å². The molecule has 0 aromatic carbocycles. The van der Waals surface area contributed by atoms with Gasteiger partial charge in [-0.1, -0.05) is 13.8 Å². The largest absolute Gasteiger partial charge is 0.396 e. The lowest BCUT2D eigenvalue weighted by molar-refractivity contribution is -0.123. The van der Waals surface area contributed by atoms with Crippen molar-refractivity contribution >= 4 is 17.7 Å². The molecule has 4 N–H and O–H groups in total. The highest BCUT2D eigenvalue weighted by Crippen LogP contribution is 2.24. The maximum absolute atomic E-state index is 11.7. The molecule has 0 saturated carbocycles. The third-order valence-electron chi connectivity index (χ3n) is 3.44. The first-order valence-corrected chi connectivity index (χ1v) is 7.57. The molecule has 0 aliphatic rings. The normalized spacial score (nSPS) is 13.5. The first-order valence-electron chi connectivity index (χ1n) is 6.18. The Bertz CT molecular complexity index is 212. The number of nitrogens with one attached hydrogen (secondary N) is 1. The summed E-state index contributed by atoms with van der Waals surface area (Å²) in [4.78, 5) is 11.7. The Morgan fingerprint density at radius 2 is 2.06 bits per heavy atom. The van der Waals surface area contributed by atoms with Crippen LogP contribution in [0.25, 0.3) is 0 Å². The van der Waals surface area contributed by atoms with Crippen molar-refractivity contribution < 1.29 is 9.90 Å². The maximum Gasteiger partial charge on any atom is 0.236 e. The fourth-order valence-electron chi connectivity index (χ4n) is 1.56. The number of aliphatic hydroxyl groups excluding tert-OH is 1. The highest BCUT2D eigenvalue weighted by atomic mass is 32.2. The smallest absolute Gasteiger partial charge is 0.236 e. The molecule has 0 fully saturated rings. The maximum atomic E-state index is 11.7. The van der Waals surface area contributed by atoms with Crippen molar-refractivity contribution in [3.05, 3.63) is 0 Å². The highest BCUT2D eigenvalue weighted by molar-refractivity contribution is 7.98. The molecule has 0 aliphatic heterocycles. The molecule has 17 heavy (non-hydrogen) atoms. The summed E-state index contributed by atoms with van der Waals surface area (Å²) in [6.07, 6.45) is 4.38. The van der Waals surface area contributed by atoms with E-state index in [1.54, 1.807) is 11.8 Å². The number of hydrogen-bond donors (Lipinski definition) is 3. The monoisotopic (exact) mass is 262 g/mol. The molecule has 0 spiro atoms. The average Bonchev–Trinajstić information content (AvgIpc) is 2.37. The molecule has 0 saturated heterocycles. The minimum Gasteiger partial charge on any atom is -0.396 e. The number of nitrogens with two attached hydrogens (primary N) is 1. The summed E-state index contributed by atoms with van der Waals surface area (Å²) in [7, 11) is 0. The third-order valence-corrected chi connectivity index (χ3v) is 4.09. The number of aliphatic hydroxyl groups is 1. The highest BCUT2D eigenvalue weighted by Gasteiger charge is 2.26. The second-order valence-corrected chi connectivity index (χ2v) is 5.46. The van der Waals surface area contributed by atoms with Gasteiger partial charge in [0.1, 0.15) is 0 Å². The van der Waals surface area contributed by atoms with Gasteiger partial charge in [-0.3, -0.25) is 4.79 Å². The Balaban J connectivity index is 4.12. The van der Waals surface area contributed by atoms with Crippen molar-refractivity contribution in [1.29, 1.82) is 0 Å². The van der Waals surface area contributed by atoms with Gasteiger partial charge in [0.25, 0.3) is 0 Å². The predicted molar refractivity (Wildman–Crippen MR) is 74.1 cm³/mol. The van der Waals surface area contributed by atoms with Gasteiger partial charge in [0.05, 0.1) is 12.6 Å². The number of thioether (sulfide) groups is 1. The van der Waals surface area contributed by atoms with E-state index in [1.165, 1.54) is 0 Å². The summed E-state index contributed by atoms with van der Waals surface area (Å²) in [6.45, 7) is 4.65. The van der Waals surface area contributed by atoms with Crippen LogP contribution in [0.15, 0.2) is 0 Å².